The van der Waals surface area contributed by atoms with Crippen molar-refractivity contribution < 1.29 is 32.2 Å². The van der Waals surface area contributed by atoms with E-state index >= 15 is 0 Å². The molecular formula is C27H34N4O7S. The summed E-state index contributed by atoms with van der Waals surface area (Å²) in [4.78, 5) is 30.9. The van der Waals surface area contributed by atoms with Gasteiger partial charge in [-0.1, -0.05) is 25.1 Å². The van der Waals surface area contributed by atoms with E-state index in [9.17, 15) is 18.0 Å². The Hall–Kier alpha value is -3.58. The molecule has 0 spiro atoms. The molecule has 39 heavy (non-hydrogen) atoms. The Labute approximate surface area is 228 Å². The van der Waals surface area contributed by atoms with Crippen molar-refractivity contribution in [3.8, 4) is 0 Å². The Balaban J connectivity index is 1.99. The van der Waals surface area contributed by atoms with Gasteiger partial charge in [-0.25, -0.2) is 18.2 Å². The first kappa shape index (κ1) is 30.0. The Bertz CT molecular complexity index is 1350. The minimum absolute atomic E-state index is 0.00262. The van der Waals surface area contributed by atoms with Gasteiger partial charge in [0.15, 0.2) is 0 Å². The number of fused-ring (bicyclic) bond motifs is 1. The van der Waals surface area contributed by atoms with Crippen LogP contribution in [0.5, 0.6) is 0 Å². The maximum Gasteiger partial charge on any atom is 0.343 e. The lowest BCUT2D eigenvalue weighted by Crippen LogP contribution is -2.37. The van der Waals surface area contributed by atoms with Gasteiger partial charge < -0.3 is 24.8 Å². The molecule has 2 N–H and O–H groups in total. The van der Waals surface area contributed by atoms with Gasteiger partial charge in [0.25, 0.3) is 5.91 Å². The smallest absolute Gasteiger partial charge is 0.343 e. The molecule has 2 aromatic carbocycles. The molecule has 1 amide bonds. The first-order chi connectivity index (χ1) is 18.8. The third-order valence-electron chi connectivity index (χ3n) is 5.85. The maximum atomic E-state index is 13.4. The zero-order chi connectivity index (χ0) is 28.4. The van der Waals surface area contributed by atoms with Crippen LogP contribution in [0.1, 0.15) is 30.6 Å². The zero-order valence-electron chi connectivity index (χ0n) is 22.5. The molecule has 0 saturated heterocycles. The van der Waals surface area contributed by atoms with Crippen molar-refractivity contribution in [2.24, 2.45) is 4.99 Å². The predicted octanol–water partition coefficient (Wildman–Crippen LogP) is 3.08. The standard InChI is InChI=1S/C27H34N4O7S/c1-5-21-24(27(33)38-6-2)25(29-23-13-8-7-12-22(23)28-21)30-26(32)19-10-9-11-20(18-19)39(34,35)31(14-16-36-3)15-17-37-4/h7-13,18,28H,5-6,14-17H2,1-4H3,(H,29,30,32). The number of amidine groups is 1. The quantitative estimate of drug-likeness (QED) is 0.380. The average Bonchev–Trinajstić information content (AvgIpc) is 3.09. The van der Waals surface area contributed by atoms with Crippen molar-refractivity contribution in [1.82, 2.24) is 9.62 Å². The van der Waals surface area contributed by atoms with Crippen LogP contribution in [0.25, 0.3) is 0 Å². The Morgan fingerprint density at radius 1 is 1.00 bits per heavy atom. The van der Waals surface area contributed by atoms with Crippen LogP contribution < -0.4 is 10.6 Å². The SMILES string of the molecule is CCOC(=O)C1=C(CC)Nc2ccccc2N=C1NC(=O)c1cccc(S(=O)(=O)N(CCOC)CCOC)c1. The summed E-state index contributed by atoms with van der Waals surface area (Å²) in [6, 6.07) is 12.9. The van der Waals surface area contributed by atoms with E-state index in [2.05, 4.69) is 15.6 Å². The number of nitrogens with zero attached hydrogens (tertiary/aromatic N) is 2. The number of benzene rings is 2. The molecule has 0 unspecified atom stereocenters. The number of anilines is 1. The van der Waals surface area contributed by atoms with Gasteiger partial charge in [0.1, 0.15) is 11.4 Å². The second kappa shape index (κ2) is 14.0. The Morgan fingerprint density at radius 2 is 1.69 bits per heavy atom. The highest BCUT2D eigenvalue weighted by Gasteiger charge is 2.29. The molecule has 2 aromatic rings. The number of rotatable bonds is 12. The summed E-state index contributed by atoms with van der Waals surface area (Å²) in [5, 5.41) is 5.93. The lowest BCUT2D eigenvalue weighted by Gasteiger charge is -2.22. The summed E-state index contributed by atoms with van der Waals surface area (Å²) in [7, 11) is -0.985. The number of amides is 1. The van der Waals surface area contributed by atoms with Gasteiger partial charge in [0.05, 0.1) is 36.1 Å². The number of carbonyl (C=O) groups is 2. The Kier molecular flexibility index (Phi) is 10.8. The minimum atomic E-state index is -3.96. The van der Waals surface area contributed by atoms with Crippen LogP contribution in [-0.2, 0) is 29.0 Å². The van der Waals surface area contributed by atoms with E-state index in [1.54, 1.807) is 19.1 Å². The van der Waals surface area contributed by atoms with E-state index < -0.39 is 21.9 Å². The fourth-order valence-corrected chi connectivity index (χ4v) is 5.32. The number of hydrogen-bond donors (Lipinski definition) is 2. The van der Waals surface area contributed by atoms with Crippen molar-refractivity contribution in [3.63, 3.8) is 0 Å². The highest BCUT2D eigenvalue weighted by Crippen LogP contribution is 2.31. The molecule has 1 aliphatic heterocycles. The van der Waals surface area contributed by atoms with Crippen LogP contribution >= 0.6 is 0 Å². The summed E-state index contributed by atoms with van der Waals surface area (Å²) < 4.78 is 43.4. The van der Waals surface area contributed by atoms with Crippen LogP contribution in [0.2, 0.25) is 0 Å². The number of carbonyl (C=O) groups excluding carboxylic acids is 2. The monoisotopic (exact) mass is 558 g/mol. The fraction of sp³-hybridized carbons (Fsp3) is 0.370. The summed E-state index contributed by atoms with van der Waals surface area (Å²) in [6.45, 7) is 4.32. The van der Waals surface area contributed by atoms with Crippen LogP contribution in [0.3, 0.4) is 0 Å². The largest absolute Gasteiger partial charge is 0.462 e. The van der Waals surface area contributed by atoms with Crippen molar-refractivity contribution >= 4 is 39.1 Å². The third kappa shape index (κ3) is 7.30. The van der Waals surface area contributed by atoms with E-state index in [1.165, 1.54) is 42.8 Å². The summed E-state index contributed by atoms with van der Waals surface area (Å²) in [5.74, 6) is -1.28. The highest BCUT2D eigenvalue weighted by molar-refractivity contribution is 7.89. The van der Waals surface area contributed by atoms with Gasteiger partial charge in [0.2, 0.25) is 10.0 Å². The van der Waals surface area contributed by atoms with Crippen LogP contribution in [-0.4, -0.2) is 77.6 Å². The molecule has 0 bridgehead atoms. The molecule has 1 aliphatic rings. The number of para-hydroxylation sites is 2. The topological polar surface area (TPSA) is 136 Å². The Morgan fingerprint density at radius 3 is 2.33 bits per heavy atom. The van der Waals surface area contributed by atoms with Gasteiger partial charge in [-0.2, -0.15) is 4.31 Å². The average molecular weight is 559 g/mol. The summed E-state index contributed by atoms with van der Waals surface area (Å²) >= 11 is 0. The highest BCUT2D eigenvalue weighted by atomic mass is 32.2. The number of aliphatic imine (C=N–C) groups is 1. The minimum Gasteiger partial charge on any atom is -0.462 e. The number of sulfonamides is 1. The van der Waals surface area contributed by atoms with Crippen molar-refractivity contribution in [1.29, 1.82) is 0 Å². The van der Waals surface area contributed by atoms with Gasteiger partial charge in [-0.15, -0.1) is 0 Å². The second-order valence-corrected chi connectivity index (χ2v) is 10.3. The number of esters is 1. The van der Waals surface area contributed by atoms with Crippen LogP contribution in [0.4, 0.5) is 11.4 Å². The molecule has 1 heterocycles. The number of ether oxygens (including phenoxy) is 3. The summed E-state index contributed by atoms with van der Waals surface area (Å²) in [6.07, 6.45) is 0.434. The van der Waals surface area contributed by atoms with Crippen molar-refractivity contribution in [2.75, 3.05) is 52.4 Å². The van der Waals surface area contributed by atoms with Gasteiger partial charge in [-0.05, 0) is 43.7 Å². The number of nitrogens with one attached hydrogen (secondary N) is 2. The van der Waals surface area contributed by atoms with Gasteiger partial charge >= 0.3 is 5.97 Å². The number of hydrogen-bond acceptors (Lipinski definition) is 9. The molecule has 0 aliphatic carbocycles. The molecule has 0 aromatic heterocycles. The summed E-state index contributed by atoms with van der Waals surface area (Å²) in [5.41, 5.74) is 1.88. The molecule has 0 atom stereocenters. The predicted molar refractivity (Wildman–Crippen MR) is 148 cm³/mol. The van der Waals surface area contributed by atoms with Crippen LogP contribution in [0.15, 0.2) is 69.7 Å². The fourth-order valence-electron chi connectivity index (χ4n) is 3.86. The zero-order valence-corrected chi connectivity index (χ0v) is 23.3. The van der Waals surface area contributed by atoms with E-state index in [0.29, 0.717) is 23.5 Å². The second-order valence-electron chi connectivity index (χ2n) is 8.40. The maximum absolute atomic E-state index is 13.4. The molecule has 0 fully saturated rings. The normalized spacial score (nSPS) is 13.3. The van der Waals surface area contributed by atoms with E-state index in [-0.39, 0.29) is 54.8 Å². The molecule has 0 saturated carbocycles. The van der Waals surface area contributed by atoms with E-state index in [0.717, 1.165) is 0 Å². The lowest BCUT2D eigenvalue weighted by molar-refractivity contribution is -0.137. The molecule has 3 rings (SSSR count). The van der Waals surface area contributed by atoms with E-state index in [1.807, 2.05) is 19.1 Å². The number of allylic oxidation sites excluding steroid dienone is 1. The first-order valence-corrected chi connectivity index (χ1v) is 14.0. The lowest BCUT2D eigenvalue weighted by atomic mass is 10.1. The molecule has 210 valence electrons. The number of methoxy groups -OCH3 is 2. The van der Waals surface area contributed by atoms with Crippen molar-refractivity contribution in [2.45, 2.75) is 25.2 Å². The molecule has 0 radical (unpaired) electrons. The van der Waals surface area contributed by atoms with Crippen LogP contribution in [0, 0.1) is 0 Å². The third-order valence-corrected chi connectivity index (χ3v) is 7.74. The van der Waals surface area contributed by atoms with Gasteiger partial charge in [0, 0.05) is 38.6 Å². The van der Waals surface area contributed by atoms with Gasteiger partial charge in [-0.3, -0.25) is 4.79 Å². The van der Waals surface area contributed by atoms with E-state index in [4.69, 9.17) is 14.2 Å². The molecule has 11 nitrogen and oxygen atoms in total. The molecule has 12 heteroatoms. The van der Waals surface area contributed by atoms with Crippen molar-refractivity contribution in [3.05, 3.63) is 65.4 Å². The molecular weight excluding hydrogens is 524 g/mol. The first-order valence-electron chi connectivity index (χ1n) is 12.5.